The molecule has 0 aliphatic heterocycles. The normalized spacial score (nSPS) is 13.7. The average Bonchev–Trinajstić information content (AvgIpc) is 3.01. The minimum Gasteiger partial charge on any atom is -0.463 e. The number of aliphatic hydroxyl groups is 2. The van der Waals surface area contributed by atoms with Crippen LogP contribution in [0.1, 0.15) is 143 Å². The summed E-state index contributed by atoms with van der Waals surface area (Å²) in [5.74, 6) is 0.0482. The van der Waals surface area contributed by atoms with Crippen molar-refractivity contribution in [3.8, 4) is 0 Å². The average molecular weight is 631 g/mol. The van der Waals surface area contributed by atoms with Crippen LogP contribution in [0.2, 0.25) is 0 Å². The maximum Gasteiger partial charge on any atom is 0.305 e. The Morgan fingerprint density at radius 2 is 1.04 bits per heavy atom. The Balaban J connectivity index is 3.68. The zero-order valence-corrected chi connectivity index (χ0v) is 28.9. The molecule has 2 N–H and O–H groups in total. The molecule has 0 heterocycles. The topological polar surface area (TPSA) is 93.1 Å². The lowest BCUT2D eigenvalue weighted by Crippen LogP contribution is -2.25. The van der Waals surface area contributed by atoms with E-state index in [2.05, 4.69) is 57.2 Å². The maximum absolute atomic E-state index is 11.9. The molecule has 0 radical (unpaired) electrons. The fraction of sp³-hybridized carbons (Fsp3) is 0.692. The van der Waals surface area contributed by atoms with E-state index in [4.69, 9.17) is 9.47 Å². The minimum absolute atomic E-state index is 0.152. The number of allylic oxidation sites excluding steroid dienone is 9. The van der Waals surface area contributed by atoms with Crippen molar-refractivity contribution in [3.05, 3.63) is 60.8 Å². The fourth-order valence-corrected chi connectivity index (χ4v) is 4.59. The maximum atomic E-state index is 11.9. The van der Waals surface area contributed by atoms with E-state index in [1.54, 1.807) is 6.08 Å². The lowest BCUT2D eigenvalue weighted by molar-refractivity contribution is -0.152. The van der Waals surface area contributed by atoms with E-state index in [0.29, 0.717) is 19.3 Å². The van der Waals surface area contributed by atoms with Gasteiger partial charge in [-0.2, -0.15) is 0 Å². The monoisotopic (exact) mass is 630 g/mol. The van der Waals surface area contributed by atoms with Crippen LogP contribution in [-0.4, -0.2) is 47.6 Å². The van der Waals surface area contributed by atoms with E-state index in [1.165, 1.54) is 51.4 Å². The number of hydrogen-bond donors (Lipinski definition) is 2. The van der Waals surface area contributed by atoms with Crippen LogP contribution in [0.5, 0.6) is 0 Å². The van der Waals surface area contributed by atoms with Gasteiger partial charge in [-0.25, -0.2) is 0 Å². The van der Waals surface area contributed by atoms with Crippen molar-refractivity contribution in [2.24, 2.45) is 5.92 Å². The summed E-state index contributed by atoms with van der Waals surface area (Å²) in [6.07, 6.45) is 37.4. The highest BCUT2D eigenvalue weighted by Gasteiger charge is 2.12. The van der Waals surface area contributed by atoms with Gasteiger partial charge in [0.25, 0.3) is 0 Å². The van der Waals surface area contributed by atoms with Gasteiger partial charge in [-0.3, -0.25) is 9.59 Å². The number of rotatable bonds is 30. The number of carbonyl (C=O) groups is 2. The molecule has 0 aromatic rings. The van der Waals surface area contributed by atoms with Gasteiger partial charge in [0.15, 0.2) is 0 Å². The zero-order chi connectivity index (χ0) is 33.2. The number of esters is 2. The summed E-state index contributed by atoms with van der Waals surface area (Å²) < 4.78 is 10.2. The summed E-state index contributed by atoms with van der Waals surface area (Å²) in [6.45, 7) is 6.32. The molecule has 45 heavy (non-hydrogen) atoms. The predicted molar refractivity (Wildman–Crippen MR) is 188 cm³/mol. The highest BCUT2D eigenvalue weighted by atomic mass is 16.6. The first kappa shape index (κ1) is 42.6. The molecule has 1 unspecified atom stereocenters. The molecular weight excluding hydrogens is 564 g/mol. The third-order valence-corrected chi connectivity index (χ3v) is 7.30. The lowest BCUT2D eigenvalue weighted by Gasteiger charge is -2.12. The summed E-state index contributed by atoms with van der Waals surface area (Å²) in [7, 11) is 0. The van der Waals surface area contributed by atoms with Crippen LogP contribution in [0.25, 0.3) is 0 Å². The van der Waals surface area contributed by atoms with Gasteiger partial charge in [0, 0.05) is 12.8 Å². The third-order valence-electron chi connectivity index (χ3n) is 7.30. The molecule has 6 nitrogen and oxygen atoms in total. The molecular formula is C39H66O6. The largest absolute Gasteiger partial charge is 0.463 e. The summed E-state index contributed by atoms with van der Waals surface area (Å²) in [4.78, 5) is 23.9. The second-order valence-corrected chi connectivity index (χ2v) is 12.3. The number of unbranched alkanes of at least 4 members (excludes halogenated alkanes) is 9. The number of ether oxygens (including phenoxy) is 2. The summed E-state index contributed by atoms with van der Waals surface area (Å²) in [6, 6.07) is 0. The molecule has 0 aliphatic carbocycles. The van der Waals surface area contributed by atoms with Gasteiger partial charge in [0.2, 0.25) is 0 Å². The Labute approximate surface area is 275 Å². The number of aliphatic hydroxyl groups excluding tert-OH is 2. The zero-order valence-electron chi connectivity index (χ0n) is 28.9. The Bertz CT molecular complexity index is 838. The molecule has 2 atom stereocenters. The molecule has 0 aromatic carbocycles. The van der Waals surface area contributed by atoms with Crippen molar-refractivity contribution < 1.29 is 29.3 Å². The van der Waals surface area contributed by atoms with Gasteiger partial charge in [-0.1, -0.05) is 146 Å². The Morgan fingerprint density at radius 1 is 0.578 bits per heavy atom. The molecule has 0 aliphatic rings. The SMILES string of the molecule is CC/C=C\C/C=C\C/C=C\C/C=C\C=C\C(O)CCCC(=O)OC[C@@H](O)COC(=O)CCCCCCCCCCCCC(C)C. The molecule has 6 heteroatoms. The highest BCUT2D eigenvalue weighted by Crippen LogP contribution is 2.14. The molecule has 0 fully saturated rings. The van der Waals surface area contributed by atoms with Crippen LogP contribution >= 0.6 is 0 Å². The first-order valence-corrected chi connectivity index (χ1v) is 17.8. The number of hydrogen-bond acceptors (Lipinski definition) is 6. The quantitative estimate of drug-likeness (QED) is 0.0355. The lowest BCUT2D eigenvalue weighted by atomic mass is 10.0. The van der Waals surface area contributed by atoms with E-state index in [-0.39, 0.29) is 25.6 Å². The first-order valence-electron chi connectivity index (χ1n) is 17.8. The van der Waals surface area contributed by atoms with E-state index in [0.717, 1.165) is 50.9 Å². The molecule has 258 valence electrons. The molecule has 0 aromatic heterocycles. The third kappa shape index (κ3) is 34.3. The van der Waals surface area contributed by atoms with Crippen molar-refractivity contribution in [1.29, 1.82) is 0 Å². The van der Waals surface area contributed by atoms with Crippen LogP contribution in [0.15, 0.2) is 60.8 Å². The Kier molecular flexibility index (Phi) is 31.2. The van der Waals surface area contributed by atoms with Gasteiger partial charge >= 0.3 is 11.9 Å². The summed E-state index contributed by atoms with van der Waals surface area (Å²) in [5, 5.41) is 20.0. The van der Waals surface area contributed by atoms with Crippen molar-refractivity contribution in [3.63, 3.8) is 0 Å². The van der Waals surface area contributed by atoms with E-state index in [1.807, 2.05) is 18.2 Å². The van der Waals surface area contributed by atoms with Crippen LogP contribution in [0.3, 0.4) is 0 Å². The molecule has 0 rings (SSSR count). The molecule has 0 spiro atoms. The van der Waals surface area contributed by atoms with Crippen molar-refractivity contribution in [1.82, 2.24) is 0 Å². The first-order chi connectivity index (χ1) is 21.8. The summed E-state index contributed by atoms with van der Waals surface area (Å²) in [5.41, 5.74) is 0. The Hall–Kier alpha value is -2.44. The van der Waals surface area contributed by atoms with Gasteiger partial charge in [0.1, 0.15) is 19.3 Å². The van der Waals surface area contributed by atoms with Gasteiger partial charge in [-0.05, 0) is 50.9 Å². The summed E-state index contributed by atoms with van der Waals surface area (Å²) >= 11 is 0. The van der Waals surface area contributed by atoms with Gasteiger partial charge in [0.05, 0.1) is 6.10 Å². The fourth-order valence-electron chi connectivity index (χ4n) is 4.59. The minimum atomic E-state index is -1.04. The van der Waals surface area contributed by atoms with Gasteiger partial charge < -0.3 is 19.7 Å². The molecule has 0 saturated carbocycles. The number of carbonyl (C=O) groups excluding carboxylic acids is 2. The van der Waals surface area contributed by atoms with Gasteiger partial charge in [-0.15, -0.1) is 0 Å². The standard InChI is InChI=1S/C39H66O6/c1-4-5-6-7-8-9-10-11-12-16-19-22-25-29-36(40)30-27-32-39(43)45-34-37(41)33-44-38(42)31-26-23-20-17-14-13-15-18-21-24-28-35(2)3/h5-6,8-9,11-12,19,22,25,29,35-37,40-41H,4,7,10,13-18,20-21,23-24,26-28,30-34H2,1-3H3/b6-5-,9-8-,12-11-,22-19-,29-25+/t36?,37-/m0/s1. The Morgan fingerprint density at radius 3 is 1.58 bits per heavy atom. The van der Waals surface area contributed by atoms with Crippen LogP contribution in [0, 0.1) is 5.92 Å². The van der Waals surface area contributed by atoms with Crippen molar-refractivity contribution in [2.45, 2.75) is 155 Å². The molecule has 0 bridgehead atoms. The van der Waals surface area contributed by atoms with Crippen molar-refractivity contribution >= 4 is 11.9 Å². The van der Waals surface area contributed by atoms with E-state index < -0.39 is 18.2 Å². The molecule has 0 saturated heterocycles. The van der Waals surface area contributed by atoms with E-state index in [9.17, 15) is 19.8 Å². The predicted octanol–water partition coefficient (Wildman–Crippen LogP) is 9.66. The van der Waals surface area contributed by atoms with E-state index >= 15 is 0 Å². The van der Waals surface area contributed by atoms with Crippen LogP contribution in [0.4, 0.5) is 0 Å². The highest BCUT2D eigenvalue weighted by molar-refractivity contribution is 5.69. The van der Waals surface area contributed by atoms with Crippen LogP contribution in [-0.2, 0) is 19.1 Å². The van der Waals surface area contributed by atoms with Crippen molar-refractivity contribution in [2.75, 3.05) is 13.2 Å². The van der Waals surface area contributed by atoms with Crippen LogP contribution < -0.4 is 0 Å². The second kappa shape index (κ2) is 32.9. The smallest absolute Gasteiger partial charge is 0.305 e. The molecule has 0 amide bonds. The second-order valence-electron chi connectivity index (χ2n) is 12.3.